The van der Waals surface area contributed by atoms with E-state index in [9.17, 15) is 9.18 Å². The fraction of sp³-hybridized carbons (Fsp3) is 0.286. The summed E-state index contributed by atoms with van der Waals surface area (Å²) in [5.74, 6) is -0.374. The van der Waals surface area contributed by atoms with Gasteiger partial charge in [0.15, 0.2) is 0 Å². The average Bonchev–Trinajstić information content (AvgIpc) is 2.98. The first kappa shape index (κ1) is 11.9. The third-order valence-electron chi connectivity index (χ3n) is 3.42. The SMILES string of the molecule is Cn1cncc1-c1ccc(N2CCCC2=O)c(F)c1. The molecule has 1 aromatic carbocycles. The topological polar surface area (TPSA) is 38.1 Å². The molecular formula is C14H14FN3O. The number of nitrogens with zero attached hydrogens (tertiary/aromatic N) is 3. The van der Waals surface area contributed by atoms with Crippen molar-refractivity contribution in [2.24, 2.45) is 7.05 Å². The van der Waals surface area contributed by atoms with Gasteiger partial charge >= 0.3 is 0 Å². The van der Waals surface area contributed by atoms with Gasteiger partial charge in [-0.15, -0.1) is 0 Å². The van der Waals surface area contributed by atoms with E-state index in [0.29, 0.717) is 18.7 Å². The Morgan fingerprint density at radius 2 is 2.21 bits per heavy atom. The van der Waals surface area contributed by atoms with Gasteiger partial charge in [0.25, 0.3) is 0 Å². The number of carbonyl (C=O) groups is 1. The Balaban J connectivity index is 1.98. The number of halogens is 1. The number of hydrogen-bond donors (Lipinski definition) is 0. The van der Waals surface area contributed by atoms with Gasteiger partial charge in [-0.1, -0.05) is 6.07 Å². The van der Waals surface area contributed by atoms with Gasteiger partial charge in [-0.25, -0.2) is 9.37 Å². The highest BCUT2D eigenvalue weighted by atomic mass is 19.1. The fourth-order valence-corrected chi connectivity index (χ4v) is 2.42. The van der Waals surface area contributed by atoms with E-state index in [2.05, 4.69) is 4.98 Å². The van der Waals surface area contributed by atoms with E-state index < -0.39 is 0 Å². The van der Waals surface area contributed by atoms with Crippen LogP contribution in [0.1, 0.15) is 12.8 Å². The van der Waals surface area contributed by atoms with Gasteiger partial charge in [0.1, 0.15) is 5.82 Å². The van der Waals surface area contributed by atoms with Crippen molar-refractivity contribution in [2.75, 3.05) is 11.4 Å². The van der Waals surface area contributed by atoms with Crippen molar-refractivity contribution in [3.63, 3.8) is 0 Å². The summed E-state index contributed by atoms with van der Waals surface area (Å²) in [6, 6.07) is 4.94. The number of hydrogen-bond acceptors (Lipinski definition) is 2. The predicted octanol–water partition coefficient (Wildman–Crippen LogP) is 2.35. The zero-order valence-electron chi connectivity index (χ0n) is 10.6. The minimum absolute atomic E-state index is 0.00724. The first-order valence-electron chi connectivity index (χ1n) is 6.23. The zero-order valence-corrected chi connectivity index (χ0v) is 10.6. The van der Waals surface area contributed by atoms with Crippen LogP contribution < -0.4 is 4.90 Å². The van der Waals surface area contributed by atoms with Crippen molar-refractivity contribution in [1.82, 2.24) is 9.55 Å². The molecule has 4 nitrogen and oxygen atoms in total. The monoisotopic (exact) mass is 259 g/mol. The van der Waals surface area contributed by atoms with Crippen LogP contribution in [0.5, 0.6) is 0 Å². The first-order valence-corrected chi connectivity index (χ1v) is 6.23. The van der Waals surface area contributed by atoms with Gasteiger partial charge < -0.3 is 9.47 Å². The largest absolute Gasteiger partial charge is 0.334 e. The predicted molar refractivity (Wildman–Crippen MR) is 70.2 cm³/mol. The number of aryl methyl sites for hydroxylation is 1. The van der Waals surface area contributed by atoms with Crippen LogP contribution >= 0.6 is 0 Å². The van der Waals surface area contributed by atoms with Crippen LogP contribution in [-0.2, 0) is 11.8 Å². The van der Waals surface area contributed by atoms with E-state index >= 15 is 0 Å². The van der Waals surface area contributed by atoms with E-state index in [1.54, 1.807) is 18.6 Å². The number of anilines is 1. The van der Waals surface area contributed by atoms with Gasteiger partial charge in [-0.05, 0) is 18.6 Å². The summed E-state index contributed by atoms with van der Waals surface area (Å²) < 4.78 is 16.0. The summed E-state index contributed by atoms with van der Waals surface area (Å²) in [4.78, 5) is 17.2. The molecule has 2 aromatic rings. The van der Waals surface area contributed by atoms with Crippen LogP contribution in [0.2, 0.25) is 0 Å². The lowest BCUT2D eigenvalue weighted by Gasteiger charge is -2.17. The van der Waals surface area contributed by atoms with Crippen molar-refractivity contribution < 1.29 is 9.18 Å². The van der Waals surface area contributed by atoms with Crippen molar-refractivity contribution in [3.8, 4) is 11.3 Å². The fourth-order valence-electron chi connectivity index (χ4n) is 2.42. The van der Waals surface area contributed by atoms with Crippen LogP contribution in [0.3, 0.4) is 0 Å². The van der Waals surface area contributed by atoms with Gasteiger partial charge in [-0.3, -0.25) is 4.79 Å². The van der Waals surface area contributed by atoms with E-state index in [1.807, 2.05) is 17.7 Å². The maximum atomic E-state index is 14.2. The lowest BCUT2D eigenvalue weighted by molar-refractivity contribution is -0.117. The zero-order chi connectivity index (χ0) is 13.4. The Morgan fingerprint density at radius 1 is 1.37 bits per heavy atom. The molecule has 0 unspecified atom stereocenters. The molecule has 0 radical (unpaired) electrons. The highest BCUT2D eigenvalue weighted by Gasteiger charge is 2.24. The number of aromatic nitrogens is 2. The number of rotatable bonds is 2. The quantitative estimate of drug-likeness (QED) is 0.830. The molecule has 1 aromatic heterocycles. The molecule has 1 saturated heterocycles. The minimum atomic E-state index is -0.367. The van der Waals surface area contributed by atoms with Crippen LogP contribution in [0.15, 0.2) is 30.7 Å². The van der Waals surface area contributed by atoms with Crippen molar-refractivity contribution in [1.29, 1.82) is 0 Å². The molecule has 0 N–H and O–H groups in total. The van der Waals surface area contributed by atoms with Crippen molar-refractivity contribution in [3.05, 3.63) is 36.5 Å². The third-order valence-corrected chi connectivity index (χ3v) is 3.42. The lowest BCUT2D eigenvalue weighted by atomic mass is 10.1. The molecule has 3 rings (SSSR count). The Bertz CT molecular complexity index is 635. The molecule has 0 bridgehead atoms. The summed E-state index contributed by atoms with van der Waals surface area (Å²) in [6.07, 6.45) is 4.66. The molecule has 0 atom stereocenters. The molecule has 0 spiro atoms. The Morgan fingerprint density at radius 3 is 2.79 bits per heavy atom. The molecule has 2 heterocycles. The summed E-state index contributed by atoms with van der Waals surface area (Å²) in [7, 11) is 1.86. The van der Waals surface area contributed by atoms with Gasteiger partial charge in [0.2, 0.25) is 5.91 Å². The number of amides is 1. The van der Waals surface area contributed by atoms with E-state index in [0.717, 1.165) is 17.7 Å². The van der Waals surface area contributed by atoms with Crippen LogP contribution in [0.4, 0.5) is 10.1 Å². The first-order chi connectivity index (χ1) is 9.16. The maximum absolute atomic E-state index is 14.2. The normalized spacial score (nSPS) is 15.3. The average molecular weight is 259 g/mol. The second kappa shape index (κ2) is 4.50. The molecule has 1 amide bonds. The highest BCUT2D eigenvalue weighted by Crippen LogP contribution is 2.28. The Hall–Kier alpha value is -2.17. The standard InChI is InChI=1S/C14H14FN3O/c1-17-9-16-8-13(17)10-4-5-12(11(15)7-10)18-6-2-3-14(18)19/h4-5,7-9H,2-3,6H2,1H3. The number of imidazole rings is 1. The van der Waals surface area contributed by atoms with Crippen LogP contribution in [0, 0.1) is 5.82 Å². The van der Waals surface area contributed by atoms with Crippen LogP contribution in [0.25, 0.3) is 11.3 Å². The Labute approximate surface area is 110 Å². The molecule has 1 aliphatic rings. The van der Waals surface area contributed by atoms with E-state index in [-0.39, 0.29) is 11.7 Å². The van der Waals surface area contributed by atoms with E-state index in [4.69, 9.17) is 0 Å². The molecule has 5 heteroatoms. The molecular weight excluding hydrogens is 245 g/mol. The maximum Gasteiger partial charge on any atom is 0.227 e. The summed E-state index contributed by atoms with van der Waals surface area (Å²) in [6.45, 7) is 0.598. The second-order valence-corrected chi connectivity index (χ2v) is 4.70. The Kier molecular flexibility index (Phi) is 2.81. The smallest absolute Gasteiger partial charge is 0.227 e. The van der Waals surface area contributed by atoms with E-state index in [1.165, 1.54) is 11.0 Å². The lowest BCUT2D eigenvalue weighted by Crippen LogP contribution is -2.24. The highest BCUT2D eigenvalue weighted by molar-refractivity contribution is 5.95. The molecule has 1 aliphatic heterocycles. The third kappa shape index (κ3) is 2.01. The summed E-state index contributed by atoms with van der Waals surface area (Å²) in [5.41, 5.74) is 1.97. The van der Waals surface area contributed by atoms with Crippen molar-refractivity contribution >= 4 is 11.6 Å². The molecule has 19 heavy (non-hydrogen) atoms. The van der Waals surface area contributed by atoms with Gasteiger partial charge in [-0.2, -0.15) is 0 Å². The summed E-state index contributed by atoms with van der Waals surface area (Å²) >= 11 is 0. The summed E-state index contributed by atoms with van der Waals surface area (Å²) in [5, 5.41) is 0. The molecule has 0 aliphatic carbocycles. The minimum Gasteiger partial charge on any atom is -0.334 e. The molecule has 1 fully saturated rings. The van der Waals surface area contributed by atoms with Gasteiger partial charge in [0.05, 0.1) is 23.9 Å². The van der Waals surface area contributed by atoms with Gasteiger partial charge in [0, 0.05) is 25.6 Å². The second-order valence-electron chi connectivity index (χ2n) is 4.70. The molecule has 98 valence electrons. The van der Waals surface area contributed by atoms with Crippen LogP contribution in [-0.4, -0.2) is 22.0 Å². The van der Waals surface area contributed by atoms with Crippen molar-refractivity contribution in [2.45, 2.75) is 12.8 Å². The number of carbonyl (C=O) groups excluding carboxylic acids is 1. The number of benzene rings is 1. The molecule has 0 saturated carbocycles.